The molecule has 0 radical (unpaired) electrons. The van der Waals surface area contributed by atoms with Crippen molar-refractivity contribution in [1.29, 1.82) is 0 Å². The Morgan fingerprint density at radius 1 is 1.04 bits per heavy atom. The summed E-state index contributed by atoms with van der Waals surface area (Å²) < 4.78 is 10.7. The van der Waals surface area contributed by atoms with Crippen molar-refractivity contribution in [1.82, 2.24) is 15.2 Å². The minimum atomic E-state index is 0.245. The summed E-state index contributed by atoms with van der Waals surface area (Å²) in [6.45, 7) is 2.98. The molecule has 0 saturated heterocycles. The zero-order valence-electron chi connectivity index (χ0n) is 13.7. The molecule has 0 amide bonds. The summed E-state index contributed by atoms with van der Waals surface area (Å²) in [6, 6.07) is 13.9. The van der Waals surface area contributed by atoms with E-state index < -0.39 is 0 Å². The average Bonchev–Trinajstić information content (AvgIpc) is 3.09. The number of fused-ring (bicyclic) bond motifs is 1. The van der Waals surface area contributed by atoms with Gasteiger partial charge in [-0.3, -0.25) is 0 Å². The van der Waals surface area contributed by atoms with Gasteiger partial charge in [0.15, 0.2) is 17.3 Å². The number of benzene rings is 2. The van der Waals surface area contributed by atoms with Gasteiger partial charge < -0.3 is 20.1 Å². The lowest BCUT2D eigenvalue weighted by atomic mass is 10.1. The van der Waals surface area contributed by atoms with Crippen molar-refractivity contribution in [3.63, 3.8) is 0 Å². The summed E-state index contributed by atoms with van der Waals surface area (Å²) in [7, 11) is 0. The van der Waals surface area contributed by atoms with Crippen LogP contribution in [0.1, 0.15) is 11.1 Å². The molecule has 2 N–H and O–H groups in total. The van der Waals surface area contributed by atoms with Crippen molar-refractivity contribution in [2.24, 2.45) is 0 Å². The van der Waals surface area contributed by atoms with E-state index in [2.05, 4.69) is 57.0 Å². The number of aromatic nitrogens is 3. The van der Waals surface area contributed by atoms with Crippen LogP contribution in [-0.2, 0) is 6.54 Å². The monoisotopic (exact) mass is 335 g/mol. The first-order chi connectivity index (χ1) is 12.3. The molecule has 7 nitrogen and oxygen atoms in total. The number of ether oxygens (including phenoxy) is 2. The third-order valence-electron chi connectivity index (χ3n) is 3.78. The van der Waals surface area contributed by atoms with Crippen LogP contribution < -0.4 is 20.1 Å². The van der Waals surface area contributed by atoms with Crippen LogP contribution in [0.3, 0.4) is 0 Å². The summed E-state index contributed by atoms with van der Waals surface area (Å²) in [5.74, 6) is 2.50. The molecule has 126 valence electrons. The fourth-order valence-electron chi connectivity index (χ4n) is 2.44. The van der Waals surface area contributed by atoms with Crippen molar-refractivity contribution in [2.45, 2.75) is 13.5 Å². The molecule has 0 fully saturated rings. The molecule has 0 saturated carbocycles. The second kappa shape index (κ2) is 6.64. The maximum atomic E-state index is 5.37. The number of rotatable bonds is 5. The molecule has 7 heteroatoms. The molecule has 1 aliphatic rings. The van der Waals surface area contributed by atoms with Gasteiger partial charge in [0.2, 0.25) is 12.7 Å². The van der Waals surface area contributed by atoms with E-state index in [1.807, 2.05) is 18.2 Å². The highest BCUT2D eigenvalue weighted by atomic mass is 16.7. The van der Waals surface area contributed by atoms with Crippen molar-refractivity contribution in [3.8, 4) is 11.5 Å². The number of hydrogen-bond acceptors (Lipinski definition) is 7. The maximum Gasteiger partial charge on any atom is 0.249 e. The van der Waals surface area contributed by atoms with Gasteiger partial charge in [-0.05, 0) is 24.6 Å². The third-order valence-corrected chi connectivity index (χ3v) is 3.78. The largest absolute Gasteiger partial charge is 0.454 e. The quantitative estimate of drug-likeness (QED) is 0.740. The van der Waals surface area contributed by atoms with Gasteiger partial charge in [-0.25, -0.2) is 0 Å². The van der Waals surface area contributed by atoms with Crippen molar-refractivity contribution in [3.05, 3.63) is 59.8 Å². The van der Waals surface area contributed by atoms with E-state index in [1.165, 1.54) is 11.1 Å². The minimum absolute atomic E-state index is 0.245. The predicted molar refractivity (Wildman–Crippen MR) is 94.2 cm³/mol. The van der Waals surface area contributed by atoms with Crippen LogP contribution in [-0.4, -0.2) is 22.0 Å². The van der Waals surface area contributed by atoms with E-state index >= 15 is 0 Å². The second-order valence-electron chi connectivity index (χ2n) is 5.70. The molecule has 0 atom stereocenters. The molecule has 25 heavy (non-hydrogen) atoms. The Morgan fingerprint density at radius 2 is 1.88 bits per heavy atom. The molecule has 1 aliphatic heterocycles. The van der Waals surface area contributed by atoms with Gasteiger partial charge in [0.25, 0.3) is 0 Å². The van der Waals surface area contributed by atoms with E-state index in [-0.39, 0.29) is 6.79 Å². The normalized spacial score (nSPS) is 12.0. The SMILES string of the molecule is Cc1ccc(CNc2cnnc(Nc3ccc4c(c3)OCO4)n2)cc1. The van der Waals surface area contributed by atoms with Gasteiger partial charge in [0.1, 0.15) is 0 Å². The first kappa shape index (κ1) is 15.2. The van der Waals surface area contributed by atoms with Crippen molar-refractivity contribution < 1.29 is 9.47 Å². The standard InChI is InChI=1S/C18H17N5O2/c1-12-2-4-13(5-3-12)9-19-17-10-20-23-18(22-17)21-14-6-7-15-16(8-14)25-11-24-15/h2-8,10H,9,11H2,1H3,(H2,19,21,22,23). The maximum absolute atomic E-state index is 5.37. The van der Waals surface area contributed by atoms with Crippen molar-refractivity contribution >= 4 is 17.5 Å². The first-order valence-corrected chi connectivity index (χ1v) is 7.92. The van der Waals surface area contributed by atoms with Gasteiger partial charge in [0.05, 0.1) is 6.20 Å². The molecular weight excluding hydrogens is 318 g/mol. The van der Waals surface area contributed by atoms with E-state index in [4.69, 9.17) is 9.47 Å². The van der Waals surface area contributed by atoms with Crippen LogP contribution in [0.15, 0.2) is 48.7 Å². The zero-order valence-corrected chi connectivity index (χ0v) is 13.7. The Balaban J connectivity index is 1.43. The Bertz CT molecular complexity index is 883. The van der Waals surface area contributed by atoms with Crippen LogP contribution in [0, 0.1) is 6.92 Å². The summed E-state index contributed by atoms with van der Waals surface area (Å²) >= 11 is 0. The topological polar surface area (TPSA) is 81.2 Å². The Kier molecular flexibility index (Phi) is 4.04. The molecule has 1 aromatic heterocycles. The molecule has 0 aliphatic carbocycles. The molecular formula is C18H17N5O2. The lowest BCUT2D eigenvalue weighted by Gasteiger charge is -2.08. The van der Waals surface area contributed by atoms with Crippen LogP contribution in [0.4, 0.5) is 17.5 Å². The number of hydrogen-bond donors (Lipinski definition) is 2. The summed E-state index contributed by atoms with van der Waals surface area (Å²) in [6.07, 6.45) is 1.60. The van der Waals surface area contributed by atoms with Crippen LogP contribution in [0.5, 0.6) is 11.5 Å². The summed E-state index contributed by atoms with van der Waals surface area (Å²) in [4.78, 5) is 4.43. The smallest absolute Gasteiger partial charge is 0.249 e. The fraction of sp³-hybridized carbons (Fsp3) is 0.167. The Labute approximate surface area is 145 Å². The van der Waals surface area contributed by atoms with E-state index in [9.17, 15) is 0 Å². The lowest BCUT2D eigenvalue weighted by molar-refractivity contribution is 0.174. The molecule has 2 heterocycles. The van der Waals surface area contributed by atoms with Crippen LogP contribution in [0.25, 0.3) is 0 Å². The molecule has 4 rings (SSSR count). The predicted octanol–water partition coefficient (Wildman–Crippen LogP) is 3.26. The minimum Gasteiger partial charge on any atom is -0.454 e. The fourth-order valence-corrected chi connectivity index (χ4v) is 2.44. The first-order valence-electron chi connectivity index (χ1n) is 7.92. The third kappa shape index (κ3) is 3.60. The highest BCUT2D eigenvalue weighted by Crippen LogP contribution is 2.34. The van der Waals surface area contributed by atoms with E-state index in [1.54, 1.807) is 6.20 Å². The molecule has 0 unspecified atom stereocenters. The summed E-state index contributed by atoms with van der Waals surface area (Å²) in [5, 5.41) is 14.4. The van der Waals surface area contributed by atoms with Crippen LogP contribution in [0.2, 0.25) is 0 Å². The average molecular weight is 335 g/mol. The van der Waals surface area contributed by atoms with E-state index in [0.29, 0.717) is 24.1 Å². The van der Waals surface area contributed by atoms with Gasteiger partial charge in [0, 0.05) is 18.3 Å². The van der Waals surface area contributed by atoms with Gasteiger partial charge in [-0.2, -0.15) is 10.1 Å². The van der Waals surface area contributed by atoms with Crippen LogP contribution >= 0.6 is 0 Å². The number of nitrogens with zero attached hydrogens (tertiary/aromatic N) is 3. The highest BCUT2D eigenvalue weighted by molar-refractivity contribution is 5.60. The van der Waals surface area contributed by atoms with Gasteiger partial charge in [-0.15, -0.1) is 5.10 Å². The number of nitrogens with one attached hydrogen (secondary N) is 2. The Morgan fingerprint density at radius 3 is 2.76 bits per heavy atom. The second-order valence-corrected chi connectivity index (χ2v) is 5.70. The zero-order chi connectivity index (χ0) is 17.1. The molecule has 2 aromatic carbocycles. The molecule has 0 bridgehead atoms. The van der Waals surface area contributed by atoms with Gasteiger partial charge >= 0.3 is 0 Å². The molecule has 0 spiro atoms. The lowest BCUT2D eigenvalue weighted by Crippen LogP contribution is -2.05. The molecule has 3 aromatic rings. The number of anilines is 3. The van der Waals surface area contributed by atoms with Crippen molar-refractivity contribution in [2.75, 3.05) is 17.4 Å². The van der Waals surface area contributed by atoms with E-state index in [0.717, 1.165) is 11.4 Å². The number of aryl methyl sites for hydroxylation is 1. The highest BCUT2D eigenvalue weighted by Gasteiger charge is 2.13. The Hall–Kier alpha value is -3.35. The van der Waals surface area contributed by atoms with Gasteiger partial charge in [-0.1, -0.05) is 29.8 Å². The summed E-state index contributed by atoms with van der Waals surface area (Å²) in [5.41, 5.74) is 3.22.